The Hall–Kier alpha value is -0.910. The Kier molecular flexibility index (Phi) is 4.10. The zero-order valence-electron chi connectivity index (χ0n) is 10.9. The summed E-state index contributed by atoms with van der Waals surface area (Å²) in [4.78, 5) is 10.9. The molecule has 1 aromatic heterocycles. The van der Waals surface area contributed by atoms with Crippen molar-refractivity contribution in [3.05, 3.63) is 29.0 Å². The van der Waals surface area contributed by atoms with E-state index in [1.165, 1.54) is 0 Å². The van der Waals surface area contributed by atoms with Crippen LogP contribution in [-0.2, 0) is 5.33 Å². The number of benzene rings is 1. The van der Waals surface area contributed by atoms with Crippen molar-refractivity contribution in [1.29, 1.82) is 0 Å². The molecule has 20 heavy (non-hydrogen) atoms. The minimum atomic E-state index is 0.122. The largest absolute Gasteiger partial charge is 0.394 e. The highest BCUT2D eigenvalue weighted by atomic mass is 79.9. The second kappa shape index (κ2) is 5.84. The van der Waals surface area contributed by atoms with Crippen LogP contribution in [0, 0.1) is 0 Å². The van der Waals surface area contributed by atoms with Crippen LogP contribution >= 0.6 is 27.5 Å². The first-order valence-electron chi connectivity index (χ1n) is 6.63. The molecule has 0 amide bonds. The molecule has 4 nitrogen and oxygen atoms in total. The van der Waals surface area contributed by atoms with Gasteiger partial charge in [-0.2, -0.15) is 4.98 Å². The Labute approximate surface area is 130 Å². The van der Waals surface area contributed by atoms with Crippen LogP contribution in [0.25, 0.3) is 10.9 Å². The number of hydrogen-bond acceptors (Lipinski definition) is 4. The SMILES string of the molecule is OCC1CCCN1c1nc(Cl)nc2c(CBr)cccc12. The molecule has 0 radical (unpaired) electrons. The van der Waals surface area contributed by atoms with E-state index in [0.717, 1.165) is 47.0 Å². The lowest BCUT2D eigenvalue weighted by molar-refractivity contribution is 0.266. The Bertz CT molecular complexity index is 637. The van der Waals surface area contributed by atoms with Crippen molar-refractivity contribution in [2.45, 2.75) is 24.2 Å². The summed E-state index contributed by atoms with van der Waals surface area (Å²) in [5.41, 5.74) is 1.97. The minimum absolute atomic E-state index is 0.122. The lowest BCUT2D eigenvalue weighted by Crippen LogP contribution is -2.33. The number of hydrogen-bond donors (Lipinski definition) is 1. The molecule has 1 atom stereocenters. The highest BCUT2D eigenvalue weighted by molar-refractivity contribution is 9.08. The van der Waals surface area contributed by atoms with Gasteiger partial charge in [0.1, 0.15) is 5.82 Å². The third kappa shape index (κ3) is 2.38. The Morgan fingerprint density at radius 2 is 2.25 bits per heavy atom. The van der Waals surface area contributed by atoms with Crippen molar-refractivity contribution >= 4 is 44.3 Å². The van der Waals surface area contributed by atoms with E-state index in [9.17, 15) is 5.11 Å². The standard InChI is InChI=1S/C14H15BrClN3O/c15-7-9-3-1-5-11-12(9)17-14(16)18-13(11)19-6-2-4-10(19)8-20/h1,3,5,10,20H,2,4,6-8H2. The monoisotopic (exact) mass is 355 g/mol. The lowest BCUT2D eigenvalue weighted by Gasteiger charge is -2.25. The first-order valence-corrected chi connectivity index (χ1v) is 8.13. The zero-order chi connectivity index (χ0) is 14.1. The van der Waals surface area contributed by atoms with Crippen LogP contribution in [0.4, 0.5) is 5.82 Å². The molecular formula is C14H15BrClN3O. The first kappa shape index (κ1) is 14.0. The van der Waals surface area contributed by atoms with E-state index in [-0.39, 0.29) is 17.9 Å². The van der Waals surface area contributed by atoms with Crippen LogP contribution in [0.2, 0.25) is 5.28 Å². The van der Waals surface area contributed by atoms with Gasteiger partial charge in [-0.3, -0.25) is 0 Å². The maximum absolute atomic E-state index is 9.51. The van der Waals surface area contributed by atoms with Gasteiger partial charge >= 0.3 is 0 Å². The van der Waals surface area contributed by atoms with E-state index in [1.54, 1.807) is 0 Å². The number of fused-ring (bicyclic) bond motifs is 1. The van der Waals surface area contributed by atoms with Gasteiger partial charge in [0.05, 0.1) is 18.2 Å². The molecule has 0 aliphatic carbocycles. The van der Waals surface area contributed by atoms with E-state index in [0.29, 0.717) is 0 Å². The fourth-order valence-corrected chi connectivity index (χ4v) is 3.42. The first-order chi connectivity index (χ1) is 9.74. The van der Waals surface area contributed by atoms with Crippen LogP contribution in [0.1, 0.15) is 18.4 Å². The van der Waals surface area contributed by atoms with Crippen molar-refractivity contribution in [3.8, 4) is 0 Å². The topological polar surface area (TPSA) is 49.2 Å². The Balaban J connectivity index is 2.20. The second-order valence-electron chi connectivity index (χ2n) is 4.94. The molecule has 1 unspecified atom stereocenters. The van der Waals surface area contributed by atoms with Gasteiger partial charge in [0.15, 0.2) is 0 Å². The Morgan fingerprint density at radius 3 is 3.00 bits per heavy atom. The van der Waals surface area contributed by atoms with E-state index in [1.807, 2.05) is 18.2 Å². The quantitative estimate of drug-likeness (QED) is 0.678. The molecule has 3 rings (SSSR count). The maximum atomic E-state index is 9.51. The van der Waals surface area contributed by atoms with Gasteiger partial charge in [-0.05, 0) is 36.1 Å². The second-order valence-corrected chi connectivity index (χ2v) is 5.83. The molecule has 0 saturated carbocycles. The third-order valence-electron chi connectivity index (χ3n) is 3.77. The van der Waals surface area contributed by atoms with Crippen LogP contribution in [0.3, 0.4) is 0 Å². The number of aliphatic hydroxyl groups excluding tert-OH is 1. The molecule has 106 valence electrons. The molecule has 2 aromatic rings. The smallest absolute Gasteiger partial charge is 0.224 e. The highest BCUT2D eigenvalue weighted by Gasteiger charge is 2.27. The summed E-state index contributed by atoms with van der Waals surface area (Å²) < 4.78 is 0. The fraction of sp³-hybridized carbons (Fsp3) is 0.429. The van der Waals surface area contributed by atoms with Crippen molar-refractivity contribution < 1.29 is 5.11 Å². The summed E-state index contributed by atoms with van der Waals surface area (Å²) in [6.45, 7) is 1.04. The summed E-state index contributed by atoms with van der Waals surface area (Å²) in [5, 5.41) is 11.5. The number of halogens is 2. The average Bonchev–Trinajstić information content (AvgIpc) is 2.94. The summed E-state index contributed by atoms with van der Waals surface area (Å²) in [5.74, 6) is 0.833. The average molecular weight is 357 g/mol. The van der Waals surface area contributed by atoms with E-state index >= 15 is 0 Å². The fourth-order valence-electron chi connectivity index (χ4n) is 2.80. The molecule has 0 spiro atoms. The van der Waals surface area contributed by atoms with Gasteiger partial charge in [0.25, 0.3) is 0 Å². The molecule has 1 aliphatic heterocycles. The minimum Gasteiger partial charge on any atom is -0.394 e. The zero-order valence-corrected chi connectivity index (χ0v) is 13.2. The lowest BCUT2D eigenvalue weighted by atomic mass is 10.1. The molecule has 1 saturated heterocycles. The summed E-state index contributed by atoms with van der Waals surface area (Å²) in [7, 11) is 0. The summed E-state index contributed by atoms with van der Waals surface area (Å²) >= 11 is 9.58. The van der Waals surface area contributed by atoms with Gasteiger partial charge in [-0.25, -0.2) is 4.98 Å². The number of alkyl halides is 1. The van der Waals surface area contributed by atoms with Gasteiger partial charge in [0, 0.05) is 17.3 Å². The molecule has 1 fully saturated rings. The van der Waals surface area contributed by atoms with Gasteiger partial charge in [-0.15, -0.1) is 0 Å². The van der Waals surface area contributed by atoms with Crippen molar-refractivity contribution in [2.24, 2.45) is 0 Å². The van der Waals surface area contributed by atoms with Crippen LogP contribution in [-0.4, -0.2) is 34.3 Å². The van der Waals surface area contributed by atoms with Crippen molar-refractivity contribution in [1.82, 2.24) is 9.97 Å². The van der Waals surface area contributed by atoms with E-state index in [2.05, 4.69) is 30.8 Å². The molecule has 1 N–H and O–H groups in total. The van der Waals surface area contributed by atoms with Gasteiger partial charge < -0.3 is 10.0 Å². The summed E-state index contributed by atoms with van der Waals surface area (Å²) in [6, 6.07) is 6.17. The molecular weight excluding hydrogens is 342 g/mol. The normalized spacial score (nSPS) is 18.9. The van der Waals surface area contributed by atoms with Crippen LogP contribution in [0.15, 0.2) is 18.2 Å². The Morgan fingerprint density at radius 1 is 1.40 bits per heavy atom. The van der Waals surface area contributed by atoms with E-state index in [4.69, 9.17) is 11.6 Å². The van der Waals surface area contributed by atoms with Gasteiger partial charge in [-0.1, -0.05) is 28.1 Å². The number of aliphatic hydroxyl groups is 1. The molecule has 1 aliphatic rings. The highest BCUT2D eigenvalue weighted by Crippen LogP contribution is 2.32. The predicted octanol–water partition coefficient (Wildman–Crippen LogP) is 3.14. The number of rotatable bonds is 3. The number of nitrogens with zero attached hydrogens (tertiary/aromatic N) is 3. The molecule has 0 bridgehead atoms. The number of aromatic nitrogens is 2. The maximum Gasteiger partial charge on any atom is 0.224 e. The number of para-hydroxylation sites is 1. The van der Waals surface area contributed by atoms with Gasteiger partial charge in [0.2, 0.25) is 5.28 Å². The van der Waals surface area contributed by atoms with Crippen molar-refractivity contribution in [2.75, 3.05) is 18.1 Å². The molecule has 6 heteroatoms. The molecule has 1 aromatic carbocycles. The van der Waals surface area contributed by atoms with E-state index < -0.39 is 0 Å². The van der Waals surface area contributed by atoms with Crippen LogP contribution < -0.4 is 4.90 Å². The van der Waals surface area contributed by atoms with Crippen LogP contribution in [0.5, 0.6) is 0 Å². The number of anilines is 1. The summed E-state index contributed by atoms with van der Waals surface area (Å²) in [6.07, 6.45) is 2.05. The molecule has 2 heterocycles. The van der Waals surface area contributed by atoms with Crippen molar-refractivity contribution in [3.63, 3.8) is 0 Å². The predicted molar refractivity (Wildman–Crippen MR) is 84.6 cm³/mol. The third-order valence-corrected chi connectivity index (χ3v) is 4.54.